The van der Waals surface area contributed by atoms with Crippen molar-refractivity contribution in [3.8, 4) is 0 Å². The zero-order chi connectivity index (χ0) is 23.7. The zero-order valence-electron chi connectivity index (χ0n) is 19.0. The van der Waals surface area contributed by atoms with Gasteiger partial charge < -0.3 is 0 Å². The molecule has 4 amide bonds. The van der Waals surface area contributed by atoms with E-state index < -0.39 is 0 Å². The maximum absolute atomic E-state index is 11.3. The topological polar surface area (TPSA) is 92.3 Å². The molecule has 2 saturated carbocycles. The van der Waals surface area contributed by atoms with Gasteiger partial charge in [0.05, 0.1) is 11.8 Å². The summed E-state index contributed by atoms with van der Waals surface area (Å²) in [6, 6.07) is 0. The number of rotatable bonds is 0. The Morgan fingerprint density at radius 1 is 0.618 bits per heavy atom. The highest BCUT2D eigenvalue weighted by molar-refractivity contribution is 6.12. The monoisotopic (exact) mass is 458 g/mol. The molecule has 8 unspecified atom stereocenters. The Bertz CT molecular complexity index is 1010. The van der Waals surface area contributed by atoms with Crippen molar-refractivity contribution in [3.63, 3.8) is 0 Å². The lowest BCUT2D eigenvalue weighted by molar-refractivity contribution is -0.127. The molecular formula is C28H30N2O4. The molecule has 34 heavy (non-hydrogen) atoms. The average Bonchev–Trinajstić information content (AvgIpc) is 3.67. The number of imide groups is 2. The summed E-state index contributed by atoms with van der Waals surface area (Å²) < 4.78 is 0. The molecule has 8 aliphatic rings. The van der Waals surface area contributed by atoms with Crippen molar-refractivity contribution in [2.75, 3.05) is 0 Å². The van der Waals surface area contributed by atoms with E-state index in [0.29, 0.717) is 11.8 Å². The molecule has 8 atom stereocenters. The van der Waals surface area contributed by atoms with Crippen LogP contribution < -0.4 is 10.6 Å². The van der Waals surface area contributed by atoms with Gasteiger partial charge in [0.1, 0.15) is 0 Å². The average molecular weight is 459 g/mol. The first-order valence-corrected chi connectivity index (χ1v) is 12.2. The van der Waals surface area contributed by atoms with Crippen LogP contribution in [0.2, 0.25) is 0 Å². The lowest BCUT2D eigenvalue weighted by Crippen LogP contribution is -2.25. The lowest BCUT2D eigenvalue weighted by Gasteiger charge is -2.18. The number of fused-ring (bicyclic) bond motifs is 10. The van der Waals surface area contributed by atoms with Crippen LogP contribution >= 0.6 is 0 Å². The van der Waals surface area contributed by atoms with Crippen molar-refractivity contribution in [2.45, 2.75) is 25.7 Å². The largest absolute Gasteiger partial charge is 0.296 e. The van der Waals surface area contributed by atoms with Gasteiger partial charge in [-0.2, -0.15) is 0 Å². The molecule has 0 aromatic heterocycles. The van der Waals surface area contributed by atoms with Gasteiger partial charge in [0.2, 0.25) is 11.8 Å². The Kier molecular flexibility index (Phi) is 6.31. The van der Waals surface area contributed by atoms with E-state index in [1.807, 2.05) is 5.32 Å². The van der Waals surface area contributed by atoms with Crippen molar-refractivity contribution in [1.29, 1.82) is 0 Å². The molecule has 6 heteroatoms. The van der Waals surface area contributed by atoms with E-state index in [1.165, 1.54) is 25.0 Å². The Morgan fingerprint density at radius 2 is 1.18 bits per heavy atom. The third-order valence-corrected chi connectivity index (χ3v) is 8.05. The molecule has 0 aromatic rings. The minimum Gasteiger partial charge on any atom is -0.296 e. The van der Waals surface area contributed by atoms with E-state index in [2.05, 4.69) is 66.1 Å². The normalized spacial score (nSPS) is 39.3. The standard InChI is InChI=1S/C10H12.C9H9NO2.C5H6.C4H3NO2/c1-2-9-7-4-5-8(6-7)10(9)3-1;11-8-6-4-1-2-5(3-4)7(6)9(12)10-8;1-2-4-5-3-1;6-3-1-2-4(7)5-3/h1-2,4-5,7-10H,3,6H2;1-2,4-7H,3H2,(H,10,11,12);1-4H,5H2;1-2H,(H,5,6,7). The van der Waals surface area contributed by atoms with Gasteiger partial charge in [0.15, 0.2) is 0 Å². The van der Waals surface area contributed by atoms with E-state index >= 15 is 0 Å². The van der Waals surface area contributed by atoms with Gasteiger partial charge >= 0.3 is 0 Å². The maximum atomic E-state index is 11.3. The van der Waals surface area contributed by atoms with Crippen molar-refractivity contribution in [3.05, 3.63) is 72.9 Å². The fraction of sp³-hybridized carbons (Fsp3) is 0.429. The predicted molar refractivity (Wildman–Crippen MR) is 128 cm³/mol. The highest BCUT2D eigenvalue weighted by Gasteiger charge is 2.55. The summed E-state index contributed by atoms with van der Waals surface area (Å²) in [5.41, 5.74) is 0. The Labute approximate surface area is 199 Å². The van der Waals surface area contributed by atoms with Crippen LogP contribution in [0.3, 0.4) is 0 Å². The SMILES string of the molecule is C1=CC2C3C=CC(C3)C2C1.C1=CCC=C1.O=C1C=CC(=O)N1.O=C1NC(=O)C2C3C=CC(C3)C12. The predicted octanol–water partition coefficient (Wildman–Crippen LogP) is 3.17. The van der Waals surface area contributed by atoms with Crippen LogP contribution in [0.1, 0.15) is 25.7 Å². The quantitative estimate of drug-likeness (QED) is 0.431. The number of hydrogen-bond donors (Lipinski definition) is 2. The van der Waals surface area contributed by atoms with Crippen LogP contribution in [-0.4, -0.2) is 23.6 Å². The highest BCUT2D eigenvalue weighted by Crippen LogP contribution is 2.52. The van der Waals surface area contributed by atoms with E-state index in [4.69, 9.17) is 0 Å². The van der Waals surface area contributed by atoms with E-state index in [1.54, 1.807) is 0 Å². The molecule has 176 valence electrons. The van der Waals surface area contributed by atoms with Gasteiger partial charge in [-0.1, -0.05) is 60.8 Å². The second-order valence-electron chi connectivity index (χ2n) is 9.99. The summed E-state index contributed by atoms with van der Waals surface area (Å²) in [6.07, 6.45) is 29.6. The molecule has 3 fully saturated rings. The number of carbonyl (C=O) groups excluding carboxylic acids is 4. The summed E-state index contributed by atoms with van der Waals surface area (Å²) in [5.74, 6) is 3.67. The molecule has 6 aliphatic carbocycles. The first kappa shape index (κ1) is 22.5. The van der Waals surface area contributed by atoms with Crippen molar-refractivity contribution < 1.29 is 19.2 Å². The smallest absolute Gasteiger partial charge is 0.250 e. The van der Waals surface area contributed by atoms with Crippen LogP contribution in [0.4, 0.5) is 0 Å². The first-order valence-electron chi connectivity index (χ1n) is 12.2. The van der Waals surface area contributed by atoms with E-state index in [9.17, 15) is 19.2 Å². The Hall–Kier alpha value is -3.28. The first-order chi connectivity index (χ1) is 16.5. The number of nitrogens with one attached hydrogen (secondary N) is 2. The number of allylic oxidation sites excluding steroid dienone is 10. The minimum atomic E-state index is -0.329. The summed E-state index contributed by atoms with van der Waals surface area (Å²) in [4.78, 5) is 42.6. The van der Waals surface area contributed by atoms with Gasteiger partial charge in [-0.15, -0.1) is 0 Å². The van der Waals surface area contributed by atoms with E-state index in [-0.39, 0.29) is 35.5 Å². The molecule has 0 spiro atoms. The third kappa shape index (κ3) is 4.41. The third-order valence-electron chi connectivity index (χ3n) is 8.05. The van der Waals surface area contributed by atoms with Crippen LogP contribution in [0.25, 0.3) is 0 Å². The summed E-state index contributed by atoms with van der Waals surface area (Å²) in [7, 11) is 0. The second kappa shape index (κ2) is 9.53. The molecule has 2 N–H and O–H groups in total. The van der Waals surface area contributed by atoms with Crippen LogP contribution in [0.5, 0.6) is 0 Å². The minimum absolute atomic E-state index is 0.0347. The van der Waals surface area contributed by atoms with Gasteiger partial charge in [0.25, 0.3) is 11.8 Å². The van der Waals surface area contributed by atoms with Crippen molar-refractivity contribution in [2.24, 2.45) is 47.3 Å². The fourth-order valence-electron chi connectivity index (χ4n) is 6.55. The van der Waals surface area contributed by atoms with Gasteiger partial charge in [-0.3, -0.25) is 29.8 Å². The molecule has 8 rings (SSSR count). The van der Waals surface area contributed by atoms with E-state index in [0.717, 1.165) is 36.5 Å². The van der Waals surface area contributed by atoms with Gasteiger partial charge in [0, 0.05) is 12.2 Å². The lowest BCUT2D eigenvalue weighted by atomic mass is 9.85. The summed E-state index contributed by atoms with van der Waals surface area (Å²) >= 11 is 0. The molecule has 2 aliphatic heterocycles. The Balaban J connectivity index is 0.0000000993. The number of carbonyl (C=O) groups is 4. The fourth-order valence-corrected chi connectivity index (χ4v) is 6.55. The molecule has 6 nitrogen and oxygen atoms in total. The van der Waals surface area contributed by atoms with Crippen LogP contribution in [0.15, 0.2) is 72.9 Å². The number of amides is 4. The summed E-state index contributed by atoms with van der Waals surface area (Å²) in [6.45, 7) is 0. The molecule has 4 bridgehead atoms. The Morgan fingerprint density at radius 3 is 1.68 bits per heavy atom. The molecule has 1 saturated heterocycles. The second-order valence-corrected chi connectivity index (χ2v) is 9.99. The number of hydrogen-bond acceptors (Lipinski definition) is 4. The van der Waals surface area contributed by atoms with Crippen molar-refractivity contribution in [1.82, 2.24) is 10.6 Å². The molecule has 2 heterocycles. The highest BCUT2D eigenvalue weighted by atomic mass is 16.2. The maximum Gasteiger partial charge on any atom is 0.250 e. The molecule has 0 aromatic carbocycles. The molecular weight excluding hydrogens is 428 g/mol. The van der Waals surface area contributed by atoms with Crippen molar-refractivity contribution >= 4 is 23.6 Å². The molecule has 0 radical (unpaired) electrons. The van der Waals surface area contributed by atoms with Crippen LogP contribution in [0, 0.1) is 47.3 Å². The van der Waals surface area contributed by atoms with Crippen LogP contribution in [-0.2, 0) is 19.2 Å². The summed E-state index contributed by atoms with van der Waals surface area (Å²) in [5, 5.41) is 4.43. The van der Waals surface area contributed by atoms with Gasteiger partial charge in [-0.05, 0) is 61.2 Å². The zero-order valence-corrected chi connectivity index (χ0v) is 19.0. The van der Waals surface area contributed by atoms with Gasteiger partial charge in [-0.25, -0.2) is 0 Å².